The quantitative estimate of drug-likeness (QED) is 0.623. The largest absolute Gasteiger partial charge is 0.497 e. The van der Waals surface area contributed by atoms with Crippen LogP contribution in [0.15, 0.2) is 48.7 Å². The third-order valence-corrected chi connectivity index (χ3v) is 4.62. The number of H-pyrrole nitrogens is 1. The zero-order chi connectivity index (χ0) is 17.6. The Bertz CT molecular complexity index is 873. The van der Waals surface area contributed by atoms with Gasteiger partial charge in [-0.2, -0.15) is 0 Å². The Morgan fingerprint density at radius 2 is 1.92 bits per heavy atom. The van der Waals surface area contributed by atoms with Gasteiger partial charge in [-0.1, -0.05) is 30.4 Å². The molecule has 0 saturated carbocycles. The first kappa shape index (κ1) is 17.3. The summed E-state index contributed by atoms with van der Waals surface area (Å²) in [6.07, 6.45) is 3.80. The minimum atomic E-state index is 0.639. The first-order chi connectivity index (χ1) is 12.2. The molecule has 0 saturated heterocycles. The van der Waals surface area contributed by atoms with Gasteiger partial charge in [-0.15, -0.1) is 0 Å². The molecule has 2 N–H and O–H groups in total. The van der Waals surface area contributed by atoms with Crippen molar-refractivity contribution < 1.29 is 9.47 Å². The van der Waals surface area contributed by atoms with Gasteiger partial charge in [-0.25, -0.2) is 0 Å². The van der Waals surface area contributed by atoms with Gasteiger partial charge in [-0.05, 0) is 30.2 Å². The number of aromatic amines is 1. The number of para-hydroxylation sites is 1. The minimum Gasteiger partial charge on any atom is -0.497 e. The van der Waals surface area contributed by atoms with Crippen molar-refractivity contribution >= 4 is 28.1 Å². The maximum absolute atomic E-state index is 5.49. The van der Waals surface area contributed by atoms with Crippen LogP contribution in [0.2, 0.25) is 0 Å². The van der Waals surface area contributed by atoms with E-state index in [2.05, 4.69) is 34.7 Å². The van der Waals surface area contributed by atoms with Crippen molar-refractivity contribution in [3.05, 3.63) is 59.8 Å². The van der Waals surface area contributed by atoms with Crippen molar-refractivity contribution in [2.24, 2.45) is 0 Å². The molecule has 0 bridgehead atoms. The molecular formula is C20H22N2O2S. The summed E-state index contributed by atoms with van der Waals surface area (Å²) in [5.74, 6) is 1.58. The number of rotatable bonds is 7. The van der Waals surface area contributed by atoms with Crippen LogP contribution in [0.1, 0.15) is 17.5 Å². The van der Waals surface area contributed by atoms with Crippen molar-refractivity contribution in [1.82, 2.24) is 10.3 Å². The lowest BCUT2D eigenvalue weighted by Crippen LogP contribution is -2.21. The molecule has 0 aliphatic rings. The predicted octanol–water partition coefficient (Wildman–Crippen LogP) is 4.23. The molecule has 0 amide bonds. The molecule has 25 heavy (non-hydrogen) atoms. The highest BCUT2D eigenvalue weighted by molar-refractivity contribution is 7.80. The van der Waals surface area contributed by atoms with E-state index in [1.165, 1.54) is 16.5 Å². The number of aromatic nitrogens is 1. The monoisotopic (exact) mass is 354 g/mol. The minimum absolute atomic E-state index is 0.639. The number of thiocarbonyl (C=S) groups is 1. The van der Waals surface area contributed by atoms with Crippen LogP contribution >= 0.6 is 12.2 Å². The molecule has 0 aliphatic carbocycles. The van der Waals surface area contributed by atoms with Crippen LogP contribution in [0.4, 0.5) is 0 Å². The Balaban J connectivity index is 1.56. The second-order valence-electron chi connectivity index (χ2n) is 5.81. The fourth-order valence-corrected chi connectivity index (χ4v) is 3.04. The van der Waals surface area contributed by atoms with E-state index in [0.29, 0.717) is 6.54 Å². The smallest absolute Gasteiger partial charge is 0.127 e. The summed E-state index contributed by atoms with van der Waals surface area (Å²) in [4.78, 5) is 4.15. The second kappa shape index (κ2) is 8.03. The van der Waals surface area contributed by atoms with Gasteiger partial charge in [0.1, 0.15) is 11.5 Å². The molecule has 0 fully saturated rings. The molecule has 0 atom stereocenters. The number of fused-ring (bicyclic) bond motifs is 1. The number of benzene rings is 2. The zero-order valence-electron chi connectivity index (χ0n) is 14.5. The topological polar surface area (TPSA) is 46.3 Å². The average molecular weight is 354 g/mol. The highest BCUT2D eigenvalue weighted by Crippen LogP contribution is 2.24. The van der Waals surface area contributed by atoms with Gasteiger partial charge in [-0.3, -0.25) is 0 Å². The summed E-state index contributed by atoms with van der Waals surface area (Å²) in [6, 6.07) is 14.1. The Kier molecular flexibility index (Phi) is 5.56. The van der Waals surface area contributed by atoms with Crippen LogP contribution in [0.5, 0.6) is 11.5 Å². The Hall–Kier alpha value is -2.53. The summed E-state index contributed by atoms with van der Waals surface area (Å²) in [7, 11) is 3.31. The highest BCUT2D eigenvalue weighted by Gasteiger charge is 2.07. The van der Waals surface area contributed by atoms with E-state index < -0.39 is 0 Å². The molecule has 0 unspecified atom stereocenters. The zero-order valence-corrected chi connectivity index (χ0v) is 15.3. The van der Waals surface area contributed by atoms with E-state index in [0.717, 1.165) is 34.9 Å². The molecule has 0 spiro atoms. The van der Waals surface area contributed by atoms with Crippen molar-refractivity contribution in [3.8, 4) is 11.5 Å². The molecule has 1 heterocycles. The standard InChI is InChI=1S/C20H22N2O2S/c1-23-16-9-7-15(19(11-16)24-2)13-22-20(25)10-8-14-12-21-18-6-4-3-5-17(14)18/h3-7,9,11-12,21H,8,10,13H2,1-2H3,(H,22,25). The van der Waals surface area contributed by atoms with Crippen molar-refractivity contribution in [1.29, 1.82) is 0 Å². The van der Waals surface area contributed by atoms with E-state index in [1.807, 2.05) is 24.3 Å². The molecule has 3 aromatic rings. The van der Waals surface area contributed by atoms with Crippen molar-refractivity contribution in [2.45, 2.75) is 19.4 Å². The maximum Gasteiger partial charge on any atom is 0.127 e. The third-order valence-electron chi connectivity index (χ3n) is 4.27. The summed E-state index contributed by atoms with van der Waals surface area (Å²) in [6.45, 7) is 0.639. The molecule has 3 rings (SSSR count). The van der Waals surface area contributed by atoms with Gasteiger partial charge in [0.2, 0.25) is 0 Å². The van der Waals surface area contributed by atoms with Gasteiger partial charge < -0.3 is 19.8 Å². The number of hydrogen-bond donors (Lipinski definition) is 2. The molecule has 4 nitrogen and oxygen atoms in total. The van der Waals surface area contributed by atoms with Crippen LogP contribution in [0.3, 0.4) is 0 Å². The molecule has 0 aliphatic heterocycles. The number of hydrogen-bond acceptors (Lipinski definition) is 3. The van der Waals surface area contributed by atoms with Gasteiger partial charge in [0.25, 0.3) is 0 Å². The van der Waals surface area contributed by atoms with Crippen molar-refractivity contribution in [2.75, 3.05) is 14.2 Å². The van der Waals surface area contributed by atoms with Crippen LogP contribution in [0, 0.1) is 0 Å². The highest BCUT2D eigenvalue weighted by atomic mass is 32.1. The molecule has 130 valence electrons. The van der Waals surface area contributed by atoms with Crippen LogP contribution < -0.4 is 14.8 Å². The maximum atomic E-state index is 5.49. The normalized spacial score (nSPS) is 10.6. The number of aryl methyl sites for hydroxylation is 1. The summed E-state index contributed by atoms with van der Waals surface area (Å²) in [5, 5.41) is 4.59. The third kappa shape index (κ3) is 4.12. The van der Waals surface area contributed by atoms with E-state index in [1.54, 1.807) is 14.2 Å². The van der Waals surface area contributed by atoms with E-state index >= 15 is 0 Å². The summed E-state index contributed by atoms with van der Waals surface area (Å²) in [5.41, 5.74) is 3.51. The summed E-state index contributed by atoms with van der Waals surface area (Å²) < 4.78 is 10.6. The van der Waals surface area contributed by atoms with E-state index in [-0.39, 0.29) is 0 Å². The Morgan fingerprint density at radius 1 is 1.08 bits per heavy atom. The van der Waals surface area contributed by atoms with Gasteiger partial charge in [0.15, 0.2) is 0 Å². The SMILES string of the molecule is COc1ccc(CNC(=S)CCc2c[nH]c3ccccc23)c(OC)c1. The number of nitrogens with one attached hydrogen (secondary N) is 2. The van der Waals surface area contributed by atoms with E-state index in [4.69, 9.17) is 21.7 Å². The van der Waals surface area contributed by atoms with Gasteiger partial charge in [0.05, 0.1) is 19.2 Å². The predicted molar refractivity (Wildman–Crippen MR) is 106 cm³/mol. The lowest BCUT2D eigenvalue weighted by molar-refractivity contribution is 0.390. The summed E-state index contributed by atoms with van der Waals surface area (Å²) >= 11 is 5.49. The molecule has 2 aromatic carbocycles. The number of ether oxygens (including phenoxy) is 2. The Morgan fingerprint density at radius 3 is 2.72 bits per heavy atom. The molecule has 5 heteroatoms. The van der Waals surface area contributed by atoms with Crippen LogP contribution in [-0.4, -0.2) is 24.2 Å². The van der Waals surface area contributed by atoms with Gasteiger partial charge >= 0.3 is 0 Å². The van der Waals surface area contributed by atoms with Crippen molar-refractivity contribution in [3.63, 3.8) is 0 Å². The number of methoxy groups -OCH3 is 2. The first-order valence-corrected chi connectivity index (χ1v) is 8.64. The Labute approximate surface area is 153 Å². The second-order valence-corrected chi connectivity index (χ2v) is 6.31. The first-order valence-electron chi connectivity index (χ1n) is 8.24. The van der Waals surface area contributed by atoms with Crippen LogP contribution in [0.25, 0.3) is 10.9 Å². The molecule has 1 aromatic heterocycles. The lowest BCUT2D eigenvalue weighted by atomic mass is 10.1. The van der Waals surface area contributed by atoms with Gasteiger partial charge in [0, 0.05) is 41.7 Å². The molecule has 0 radical (unpaired) electrons. The average Bonchev–Trinajstić information content (AvgIpc) is 3.07. The fourth-order valence-electron chi connectivity index (χ4n) is 2.87. The lowest BCUT2D eigenvalue weighted by Gasteiger charge is -2.12. The van der Waals surface area contributed by atoms with E-state index in [9.17, 15) is 0 Å². The molecular weight excluding hydrogens is 332 g/mol. The van der Waals surface area contributed by atoms with Crippen LogP contribution in [-0.2, 0) is 13.0 Å². The fraction of sp³-hybridized carbons (Fsp3) is 0.250.